The summed E-state index contributed by atoms with van der Waals surface area (Å²) in [5, 5.41) is 12.2. The molecule has 0 aromatic rings. The second-order valence-corrected chi connectivity index (χ2v) is 3.87. The van der Waals surface area contributed by atoms with E-state index in [1.807, 2.05) is 13.8 Å². The molecule has 13 heavy (non-hydrogen) atoms. The van der Waals surface area contributed by atoms with Gasteiger partial charge in [0.1, 0.15) is 5.54 Å². The van der Waals surface area contributed by atoms with E-state index in [0.717, 1.165) is 6.54 Å². The first-order valence-corrected chi connectivity index (χ1v) is 4.97. The molecule has 0 aliphatic rings. The maximum Gasteiger partial charge on any atom is 0.323 e. The van der Waals surface area contributed by atoms with Crippen molar-refractivity contribution in [3.63, 3.8) is 0 Å². The van der Waals surface area contributed by atoms with Gasteiger partial charge in [-0.05, 0) is 25.3 Å². The first kappa shape index (κ1) is 12.4. The number of carboxylic acids is 1. The molecule has 0 aromatic heterocycles. The fraction of sp³-hybridized carbons (Fsp3) is 0.900. The van der Waals surface area contributed by atoms with Crippen molar-refractivity contribution >= 4 is 5.97 Å². The van der Waals surface area contributed by atoms with Crippen molar-refractivity contribution in [2.45, 2.75) is 46.1 Å². The zero-order chi connectivity index (χ0) is 10.5. The zero-order valence-corrected chi connectivity index (χ0v) is 9.05. The number of aliphatic carboxylic acids is 1. The van der Waals surface area contributed by atoms with Gasteiger partial charge in [-0.1, -0.05) is 27.7 Å². The number of hydrogen-bond donors (Lipinski definition) is 2. The van der Waals surface area contributed by atoms with Crippen LogP contribution < -0.4 is 5.32 Å². The van der Waals surface area contributed by atoms with Crippen LogP contribution in [0.2, 0.25) is 0 Å². The molecule has 3 heteroatoms. The molecule has 0 amide bonds. The normalized spacial score (nSPS) is 12.1. The van der Waals surface area contributed by atoms with Crippen LogP contribution in [0.4, 0.5) is 0 Å². The van der Waals surface area contributed by atoms with Crippen LogP contribution >= 0.6 is 0 Å². The van der Waals surface area contributed by atoms with Gasteiger partial charge in [0.15, 0.2) is 0 Å². The van der Waals surface area contributed by atoms with Crippen molar-refractivity contribution in [3.8, 4) is 0 Å². The molecule has 0 heterocycles. The van der Waals surface area contributed by atoms with Gasteiger partial charge in [-0.15, -0.1) is 0 Å². The number of carbonyl (C=O) groups is 1. The Morgan fingerprint density at radius 2 is 1.85 bits per heavy atom. The molecule has 3 nitrogen and oxygen atoms in total. The van der Waals surface area contributed by atoms with E-state index in [1.165, 1.54) is 0 Å². The van der Waals surface area contributed by atoms with Crippen LogP contribution in [0.25, 0.3) is 0 Å². The predicted octanol–water partition coefficient (Wildman–Crippen LogP) is 1.88. The van der Waals surface area contributed by atoms with E-state index in [9.17, 15) is 4.79 Å². The van der Waals surface area contributed by atoms with Gasteiger partial charge in [0, 0.05) is 0 Å². The fourth-order valence-corrected chi connectivity index (χ4v) is 1.28. The lowest BCUT2D eigenvalue weighted by atomic mass is 9.92. The Morgan fingerprint density at radius 3 is 2.08 bits per heavy atom. The molecular formula is C10H21NO2. The summed E-state index contributed by atoms with van der Waals surface area (Å²) in [4.78, 5) is 11.0. The monoisotopic (exact) mass is 187 g/mol. The summed E-state index contributed by atoms with van der Waals surface area (Å²) in [6.45, 7) is 8.72. The number of rotatable bonds is 6. The zero-order valence-electron chi connectivity index (χ0n) is 9.05. The number of nitrogens with one attached hydrogen (secondary N) is 1. The van der Waals surface area contributed by atoms with Crippen molar-refractivity contribution in [2.24, 2.45) is 5.92 Å². The molecule has 78 valence electrons. The Hall–Kier alpha value is -0.570. The molecule has 0 bridgehead atoms. The first-order chi connectivity index (χ1) is 5.98. The number of carboxylic acid groups (broad SMARTS) is 1. The highest BCUT2D eigenvalue weighted by molar-refractivity contribution is 5.78. The minimum Gasteiger partial charge on any atom is -0.480 e. The van der Waals surface area contributed by atoms with Gasteiger partial charge in [0.05, 0.1) is 0 Å². The van der Waals surface area contributed by atoms with Crippen LogP contribution in [-0.4, -0.2) is 23.2 Å². The first-order valence-electron chi connectivity index (χ1n) is 4.97. The average molecular weight is 187 g/mol. The lowest BCUT2D eigenvalue weighted by molar-refractivity contribution is -0.145. The van der Waals surface area contributed by atoms with Crippen molar-refractivity contribution in [1.29, 1.82) is 0 Å². The third-order valence-electron chi connectivity index (χ3n) is 2.47. The van der Waals surface area contributed by atoms with Crippen LogP contribution in [0.3, 0.4) is 0 Å². The Balaban J connectivity index is 4.31. The molecule has 0 atom stereocenters. The van der Waals surface area contributed by atoms with Crippen LogP contribution in [-0.2, 0) is 4.79 Å². The molecule has 2 N–H and O–H groups in total. The highest BCUT2D eigenvalue weighted by atomic mass is 16.4. The number of hydrogen-bond acceptors (Lipinski definition) is 2. The van der Waals surface area contributed by atoms with Gasteiger partial charge in [0.2, 0.25) is 0 Å². The van der Waals surface area contributed by atoms with Gasteiger partial charge in [-0.25, -0.2) is 0 Å². The lowest BCUT2D eigenvalue weighted by Crippen LogP contribution is -2.52. The van der Waals surface area contributed by atoms with Gasteiger partial charge in [-0.2, -0.15) is 0 Å². The predicted molar refractivity (Wildman–Crippen MR) is 53.8 cm³/mol. The third kappa shape index (κ3) is 3.35. The van der Waals surface area contributed by atoms with Crippen molar-refractivity contribution in [2.75, 3.05) is 6.54 Å². The summed E-state index contributed by atoms with van der Waals surface area (Å²) in [5.74, 6) is -0.255. The maximum absolute atomic E-state index is 11.0. The molecule has 0 aromatic carbocycles. The van der Waals surface area contributed by atoms with Crippen LogP contribution in [0.1, 0.15) is 40.5 Å². The lowest BCUT2D eigenvalue weighted by Gasteiger charge is -2.29. The largest absolute Gasteiger partial charge is 0.480 e. The minimum atomic E-state index is -0.738. The average Bonchev–Trinajstić information content (AvgIpc) is 2.06. The van der Waals surface area contributed by atoms with E-state index in [2.05, 4.69) is 19.2 Å². The Morgan fingerprint density at radius 1 is 1.38 bits per heavy atom. The second kappa shape index (κ2) is 5.22. The van der Waals surface area contributed by atoms with Gasteiger partial charge >= 0.3 is 5.97 Å². The molecule has 0 aliphatic carbocycles. The summed E-state index contributed by atoms with van der Waals surface area (Å²) in [7, 11) is 0. The fourth-order valence-electron chi connectivity index (χ4n) is 1.28. The van der Waals surface area contributed by atoms with E-state index in [-0.39, 0.29) is 0 Å². The molecule has 0 rings (SSSR count). The summed E-state index contributed by atoms with van der Waals surface area (Å²) >= 11 is 0. The molecule has 0 fully saturated rings. The Bertz CT molecular complexity index is 162. The summed E-state index contributed by atoms with van der Waals surface area (Å²) in [6.07, 6.45) is 1.26. The standard InChI is InChI=1S/C10H21NO2/c1-5-10(6-2,9(12)13)11-7-8(3)4/h8,11H,5-7H2,1-4H3,(H,12,13). The molecule has 0 saturated carbocycles. The van der Waals surface area contributed by atoms with E-state index in [0.29, 0.717) is 18.8 Å². The van der Waals surface area contributed by atoms with Crippen molar-refractivity contribution in [3.05, 3.63) is 0 Å². The van der Waals surface area contributed by atoms with E-state index < -0.39 is 11.5 Å². The van der Waals surface area contributed by atoms with Gasteiger partial charge in [0.25, 0.3) is 0 Å². The smallest absolute Gasteiger partial charge is 0.323 e. The molecule has 0 unspecified atom stereocenters. The molecule has 0 aliphatic heterocycles. The topological polar surface area (TPSA) is 49.3 Å². The third-order valence-corrected chi connectivity index (χ3v) is 2.47. The molecular weight excluding hydrogens is 166 g/mol. The van der Waals surface area contributed by atoms with Crippen LogP contribution in [0, 0.1) is 5.92 Å². The molecule has 0 radical (unpaired) electrons. The van der Waals surface area contributed by atoms with Crippen molar-refractivity contribution < 1.29 is 9.90 Å². The Kier molecular flexibility index (Phi) is 4.99. The van der Waals surface area contributed by atoms with E-state index in [4.69, 9.17) is 5.11 Å². The maximum atomic E-state index is 11.0. The van der Waals surface area contributed by atoms with Crippen LogP contribution in [0.15, 0.2) is 0 Å². The van der Waals surface area contributed by atoms with Crippen LogP contribution in [0.5, 0.6) is 0 Å². The van der Waals surface area contributed by atoms with Crippen molar-refractivity contribution in [1.82, 2.24) is 5.32 Å². The van der Waals surface area contributed by atoms with Gasteiger partial charge in [-0.3, -0.25) is 4.79 Å². The summed E-state index contributed by atoms with van der Waals surface area (Å²) in [5.41, 5.74) is -0.718. The summed E-state index contributed by atoms with van der Waals surface area (Å²) in [6, 6.07) is 0. The highest BCUT2D eigenvalue weighted by Gasteiger charge is 2.33. The summed E-state index contributed by atoms with van der Waals surface area (Å²) < 4.78 is 0. The molecule has 0 spiro atoms. The SMILES string of the molecule is CCC(CC)(NCC(C)C)C(=O)O. The van der Waals surface area contributed by atoms with Gasteiger partial charge < -0.3 is 10.4 Å². The molecule has 0 saturated heterocycles. The van der Waals surface area contributed by atoms with E-state index in [1.54, 1.807) is 0 Å². The quantitative estimate of drug-likeness (QED) is 0.667. The highest BCUT2D eigenvalue weighted by Crippen LogP contribution is 2.15. The Labute approximate surface area is 80.5 Å². The second-order valence-electron chi connectivity index (χ2n) is 3.87. The minimum absolute atomic E-state index is 0.483. The van der Waals surface area contributed by atoms with E-state index >= 15 is 0 Å².